The molecule has 0 bridgehead atoms. The first-order valence-corrected chi connectivity index (χ1v) is 5.88. The summed E-state index contributed by atoms with van der Waals surface area (Å²) in [5, 5.41) is 7.64. The number of hydrogen-bond acceptors (Lipinski definition) is 4. The molecule has 0 aliphatic rings. The highest BCUT2D eigenvalue weighted by molar-refractivity contribution is 14.1. The fourth-order valence-electron chi connectivity index (χ4n) is 1.16. The molecule has 2 rings (SSSR count). The fraction of sp³-hybridized carbons (Fsp3) is 0. The Labute approximate surface area is 108 Å². The van der Waals surface area contributed by atoms with Crippen molar-refractivity contribution in [2.45, 2.75) is 0 Å². The van der Waals surface area contributed by atoms with Crippen LogP contribution in [0.4, 0.5) is 5.95 Å². The van der Waals surface area contributed by atoms with Crippen molar-refractivity contribution >= 4 is 44.5 Å². The number of anilines is 1. The lowest BCUT2D eigenvalue weighted by Gasteiger charge is -2.04. The van der Waals surface area contributed by atoms with Gasteiger partial charge >= 0.3 is 0 Å². The molecule has 0 aliphatic carbocycles. The first-order chi connectivity index (χ1) is 7.09. The van der Waals surface area contributed by atoms with Crippen LogP contribution in [0.3, 0.4) is 0 Å². The molecule has 15 heavy (non-hydrogen) atoms. The first-order valence-electron chi connectivity index (χ1n) is 4.01. The Balaban J connectivity index is 2.63. The summed E-state index contributed by atoms with van der Waals surface area (Å²) in [4.78, 5) is 0. The second-order valence-corrected chi connectivity index (χ2v) is 4.95. The zero-order chi connectivity index (χ0) is 11.0. The lowest BCUT2D eigenvalue weighted by atomic mass is 10.2. The van der Waals surface area contributed by atoms with Crippen LogP contribution in [0, 0.1) is 3.57 Å². The van der Waals surface area contributed by atoms with Crippen LogP contribution in [0.25, 0.3) is 11.4 Å². The summed E-state index contributed by atoms with van der Waals surface area (Å²) in [6.07, 6.45) is 0. The topological polar surface area (TPSA) is 82.8 Å². The normalized spacial score (nSPS) is 10.5. The van der Waals surface area contributed by atoms with E-state index in [1.807, 2.05) is 18.2 Å². The van der Waals surface area contributed by atoms with Gasteiger partial charge in [0, 0.05) is 13.6 Å². The Morgan fingerprint density at radius 3 is 2.67 bits per heavy atom. The Hall–Kier alpha value is -0.830. The van der Waals surface area contributed by atoms with Crippen LogP contribution in [-0.4, -0.2) is 14.9 Å². The van der Waals surface area contributed by atoms with Gasteiger partial charge in [0.1, 0.15) is 0 Å². The summed E-state index contributed by atoms with van der Waals surface area (Å²) < 4.78 is 3.26. The Morgan fingerprint density at radius 1 is 1.33 bits per heavy atom. The third kappa shape index (κ3) is 1.93. The zero-order valence-electron chi connectivity index (χ0n) is 7.48. The molecule has 1 aromatic carbocycles. The van der Waals surface area contributed by atoms with E-state index in [4.69, 9.17) is 11.6 Å². The largest absolute Gasteiger partial charge is 0.366 e. The van der Waals surface area contributed by atoms with Gasteiger partial charge in [-0.1, -0.05) is 15.9 Å². The zero-order valence-corrected chi connectivity index (χ0v) is 11.2. The van der Waals surface area contributed by atoms with Crippen LogP contribution in [0.2, 0.25) is 0 Å². The number of nitrogen functional groups attached to an aromatic ring is 2. The van der Waals surface area contributed by atoms with E-state index < -0.39 is 0 Å². The average Bonchev–Trinajstić information content (AvgIpc) is 2.52. The van der Waals surface area contributed by atoms with E-state index in [9.17, 15) is 0 Å². The number of aromatic nitrogens is 3. The van der Waals surface area contributed by atoms with Crippen molar-refractivity contribution in [2.75, 3.05) is 11.6 Å². The van der Waals surface area contributed by atoms with Gasteiger partial charge < -0.3 is 11.6 Å². The van der Waals surface area contributed by atoms with E-state index in [2.05, 4.69) is 48.7 Å². The second kappa shape index (κ2) is 3.97. The van der Waals surface area contributed by atoms with Crippen LogP contribution in [-0.2, 0) is 0 Å². The molecule has 0 radical (unpaired) electrons. The van der Waals surface area contributed by atoms with Gasteiger partial charge in [0.25, 0.3) is 0 Å². The monoisotopic (exact) mass is 379 g/mol. The van der Waals surface area contributed by atoms with Crippen molar-refractivity contribution in [2.24, 2.45) is 0 Å². The molecule has 0 spiro atoms. The Morgan fingerprint density at radius 2 is 2.07 bits per heavy atom. The van der Waals surface area contributed by atoms with Crippen LogP contribution in [0.1, 0.15) is 0 Å². The molecule has 5 nitrogen and oxygen atoms in total. The van der Waals surface area contributed by atoms with Crippen molar-refractivity contribution in [1.29, 1.82) is 0 Å². The molecule has 2 aromatic rings. The number of hydrogen-bond donors (Lipinski definition) is 2. The van der Waals surface area contributed by atoms with Crippen molar-refractivity contribution < 1.29 is 0 Å². The maximum atomic E-state index is 5.70. The molecular formula is C8H7BrIN5. The standard InChI is InChI=1S/C8H7BrIN5/c9-4-1-2-6(10)5(3-4)7-13-14-8(11)15(7)12/h1-3H,12H2,(H2,11,14). The van der Waals surface area contributed by atoms with Gasteiger partial charge in [-0.15, -0.1) is 10.2 Å². The van der Waals surface area contributed by atoms with E-state index in [1.165, 1.54) is 4.68 Å². The maximum Gasteiger partial charge on any atom is 0.241 e. The number of rotatable bonds is 1. The van der Waals surface area contributed by atoms with E-state index in [0.717, 1.165) is 13.6 Å². The molecule has 78 valence electrons. The smallest absolute Gasteiger partial charge is 0.241 e. The summed E-state index contributed by atoms with van der Waals surface area (Å²) in [6, 6.07) is 5.84. The highest BCUT2D eigenvalue weighted by Crippen LogP contribution is 2.26. The molecule has 0 saturated heterocycles. The highest BCUT2D eigenvalue weighted by atomic mass is 127. The quantitative estimate of drug-likeness (QED) is 0.582. The molecule has 0 unspecified atom stereocenters. The van der Waals surface area contributed by atoms with Gasteiger partial charge in [-0.25, -0.2) is 4.68 Å². The van der Waals surface area contributed by atoms with Crippen LogP contribution >= 0.6 is 38.5 Å². The third-order valence-corrected chi connectivity index (χ3v) is 3.33. The molecule has 0 atom stereocenters. The van der Waals surface area contributed by atoms with Crippen molar-refractivity contribution in [1.82, 2.24) is 14.9 Å². The van der Waals surface area contributed by atoms with Crippen LogP contribution in [0.15, 0.2) is 22.7 Å². The van der Waals surface area contributed by atoms with Gasteiger partial charge in [0.15, 0.2) is 5.82 Å². The summed E-state index contributed by atoms with van der Waals surface area (Å²) in [6.45, 7) is 0. The van der Waals surface area contributed by atoms with Gasteiger partial charge in [-0.2, -0.15) is 0 Å². The van der Waals surface area contributed by atoms with Crippen molar-refractivity contribution in [3.63, 3.8) is 0 Å². The number of nitrogens with two attached hydrogens (primary N) is 2. The SMILES string of the molecule is Nc1nnc(-c2cc(Br)ccc2I)n1N. The molecule has 1 heterocycles. The van der Waals surface area contributed by atoms with E-state index >= 15 is 0 Å². The van der Waals surface area contributed by atoms with E-state index in [1.54, 1.807) is 0 Å². The predicted octanol–water partition coefficient (Wildman–Crippen LogP) is 1.61. The highest BCUT2D eigenvalue weighted by Gasteiger charge is 2.12. The molecule has 0 fully saturated rings. The molecule has 7 heteroatoms. The lowest BCUT2D eigenvalue weighted by Crippen LogP contribution is -2.13. The van der Waals surface area contributed by atoms with E-state index in [0.29, 0.717) is 5.82 Å². The third-order valence-electron chi connectivity index (χ3n) is 1.89. The Bertz CT molecular complexity index is 510. The minimum Gasteiger partial charge on any atom is -0.366 e. The summed E-state index contributed by atoms with van der Waals surface area (Å²) in [5.74, 6) is 6.45. The number of nitrogens with zero attached hydrogens (tertiary/aromatic N) is 3. The molecule has 1 aromatic heterocycles. The summed E-state index contributed by atoms with van der Waals surface area (Å²) in [7, 11) is 0. The van der Waals surface area contributed by atoms with Crippen LogP contribution < -0.4 is 11.6 Å². The summed E-state index contributed by atoms with van der Waals surface area (Å²) in [5.41, 5.74) is 6.42. The van der Waals surface area contributed by atoms with E-state index in [-0.39, 0.29) is 5.95 Å². The molecule has 0 aliphatic heterocycles. The summed E-state index contributed by atoms with van der Waals surface area (Å²) >= 11 is 5.60. The minimum atomic E-state index is 0.195. The second-order valence-electron chi connectivity index (χ2n) is 2.88. The van der Waals surface area contributed by atoms with Gasteiger partial charge in [-0.05, 0) is 40.8 Å². The van der Waals surface area contributed by atoms with Crippen LogP contribution in [0.5, 0.6) is 0 Å². The molecule has 0 saturated carbocycles. The maximum absolute atomic E-state index is 5.70. The van der Waals surface area contributed by atoms with Gasteiger partial charge in [0.2, 0.25) is 5.95 Å². The van der Waals surface area contributed by atoms with Crippen molar-refractivity contribution in [3.05, 3.63) is 26.2 Å². The minimum absolute atomic E-state index is 0.195. The lowest BCUT2D eigenvalue weighted by molar-refractivity contribution is 1.02. The molecule has 4 N–H and O–H groups in total. The fourth-order valence-corrected chi connectivity index (χ4v) is 2.09. The molecular weight excluding hydrogens is 373 g/mol. The van der Waals surface area contributed by atoms with Crippen molar-refractivity contribution in [3.8, 4) is 11.4 Å². The molecule has 0 amide bonds. The average molecular weight is 380 g/mol. The van der Waals surface area contributed by atoms with Gasteiger partial charge in [-0.3, -0.25) is 0 Å². The number of halogens is 2. The predicted molar refractivity (Wildman–Crippen MR) is 70.4 cm³/mol. The number of benzene rings is 1. The Kier molecular flexibility index (Phi) is 2.83. The van der Waals surface area contributed by atoms with Gasteiger partial charge in [0.05, 0.1) is 0 Å². The first kappa shape index (κ1) is 10.7.